The van der Waals surface area contributed by atoms with Gasteiger partial charge in [-0.05, 0) is 25.3 Å². The molecule has 1 heterocycles. The molecule has 1 aromatic heterocycles. The van der Waals surface area contributed by atoms with E-state index in [0.29, 0.717) is 0 Å². The van der Waals surface area contributed by atoms with Gasteiger partial charge in [-0.25, -0.2) is 0 Å². The molecule has 0 saturated heterocycles. The number of hydrogen-bond donors (Lipinski definition) is 0. The monoisotopic (exact) mass is 290 g/mol. The number of rotatable bonds is 2. The molecule has 0 unspecified atom stereocenters. The van der Waals surface area contributed by atoms with Gasteiger partial charge in [-0.3, -0.25) is 9.59 Å². The third kappa shape index (κ3) is 2.30. The van der Waals surface area contributed by atoms with Crippen LogP contribution in [0.3, 0.4) is 0 Å². The minimum absolute atomic E-state index is 0.00588. The zero-order valence-corrected chi connectivity index (χ0v) is 10.8. The normalized spacial score (nSPS) is 16.1. The van der Waals surface area contributed by atoms with E-state index >= 15 is 0 Å². The summed E-state index contributed by atoms with van der Waals surface area (Å²) in [6.45, 7) is 2.98. The van der Waals surface area contributed by atoms with Gasteiger partial charge in [0.15, 0.2) is 5.76 Å². The zero-order chi connectivity index (χ0) is 14.4. The number of alkyl halides is 3. The van der Waals surface area contributed by atoms with E-state index in [1.54, 1.807) is 0 Å². The van der Waals surface area contributed by atoms with E-state index in [0.717, 1.165) is 11.3 Å². The quantitative estimate of drug-likeness (QED) is 0.838. The Kier molecular flexibility index (Phi) is 3.25. The third-order valence-electron chi connectivity index (χ3n) is 2.41. The minimum atomic E-state index is -4.92. The molecule has 0 saturated carbocycles. The fraction of sp³-hybridized carbons (Fsp3) is 0.333. The number of carbonyl (C=O) groups excluding carboxylic acids is 2. The summed E-state index contributed by atoms with van der Waals surface area (Å²) in [7, 11) is 0. The Hall–Kier alpha value is -1.63. The molecule has 0 radical (unpaired) electrons. The maximum atomic E-state index is 13.0. The van der Waals surface area contributed by atoms with Crippen molar-refractivity contribution in [2.75, 3.05) is 0 Å². The molecule has 1 aromatic rings. The van der Waals surface area contributed by atoms with Crippen molar-refractivity contribution >= 4 is 22.9 Å². The van der Waals surface area contributed by atoms with E-state index in [9.17, 15) is 22.8 Å². The van der Waals surface area contributed by atoms with Crippen LogP contribution in [0.5, 0.6) is 0 Å². The predicted octanol–water partition coefficient (Wildman–Crippen LogP) is 3.37. The number of ether oxygens (including phenoxy) is 1. The van der Waals surface area contributed by atoms with Crippen LogP contribution in [0.1, 0.15) is 33.9 Å². The average molecular weight is 290 g/mol. The molecule has 0 fully saturated rings. The summed E-state index contributed by atoms with van der Waals surface area (Å²) in [4.78, 5) is 23.8. The Morgan fingerprint density at radius 1 is 1.21 bits per heavy atom. The number of Topliss-reactive ketones (excluding diaryl/α,β-unsaturated/α-hetero) is 2. The molecule has 0 bridgehead atoms. The lowest BCUT2D eigenvalue weighted by Gasteiger charge is -2.22. The highest BCUT2D eigenvalue weighted by atomic mass is 32.1. The van der Waals surface area contributed by atoms with E-state index < -0.39 is 35.2 Å². The highest BCUT2D eigenvalue weighted by molar-refractivity contribution is 7.12. The zero-order valence-electron chi connectivity index (χ0n) is 10.00. The molecule has 7 heteroatoms. The van der Waals surface area contributed by atoms with Gasteiger partial charge in [0.25, 0.3) is 0 Å². The summed E-state index contributed by atoms with van der Waals surface area (Å²) < 4.78 is 43.8. The molecule has 1 aliphatic rings. The Bertz CT molecular complexity index is 581. The van der Waals surface area contributed by atoms with Crippen LogP contribution in [0.25, 0.3) is 0 Å². The second-order valence-electron chi connectivity index (χ2n) is 4.19. The van der Waals surface area contributed by atoms with Crippen molar-refractivity contribution in [3.63, 3.8) is 0 Å². The first-order valence-electron chi connectivity index (χ1n) is 5.38. The second-order valence-corrected chi connectivity index (χ2v) is 5.11. The van der Waals surface area contributed by atoms with Gasteiger partial charge in [0, 0.05) is 5.56 Å². The molecule has 0 atom stereocenters. The van der Waals surface area contributed by atoms with Crippen molar-refractivity contribution < 1.29 is 27.5 Å². The van der Waals surface area contributed by atoms with Gasteiger partial charge in [-0.1, -0.05) is 0 Å². The Morgan fingerprint density at radius 3 is 2.37 bits per heavy atom. The van der Waals surface area contributed by atoms with Crippen LogP contribution < -0.4 is 0 Å². The molecular formula is C12H9F3O3S. The topological polar surface area (TPSA) is 43.4 Å². The molecule has 0 amide bonds. The van der Waals surface area contributed by atoms with E-state index in [1.165, 1.54) is 25.3 Å². The van der Waals surface area contributed by atoms with Gasteiger partial charge in [0.05, 0.1) is 11.0 Å². The second kappa shape index (κ2) is 4.48. The summed E-state index contributed by atoms with van der Waals surface area (Å²) in [5.41, 5.74) is -1.73. The molecule has 1 aliphatic carbocycles. The fourth-order valence-electron chi connectivity index (χ4n) is 1.72. The van der Waals surface area contributed by atoms with Crippen molar-refractivity contribution in [3.8, 4) is 0 Å². The molecule has 0 N–H and O–H groups in total. The summed E-state index contributed by atoms with van der Waals surface area (Å²) in [6, 6.07) is 1.22. The Balaban J connectivity index is 2.65. The summed E-state index contributed by atoms with van der Waals surface area (Å²) in [6.07, 6.45) is -5.55. The van der Waals surface area contributed by atoms with E-state index in [1.807, 2.05) is 0 Å². The molecule has 0 aromatic carbocycles. The third-order valence-corrected chi connectivity index (χ3v) is 3.33. The van der Waals surface area contributed by atoms with E-state index in [2.05, 4.69) is 0 Å². The fourth-order valence-corrected chi connectivity index (χ4v) is 2.55. The lowest BCUT2D eigenvalue weighted by Crippen LogP contribution is -2.31. The summed E-state index contributed by atoms with van der Waals surface area (Å²) >= 11 is 0.929. The molecule has 3 nitrogen and oxygen atoms in total. The van der Waals surface area contributed by atoms with E-state index in [-0.39, 0.29) is 10.4 Å². The van der Waals surface area contributed by atoms with Crippen LogP contribution in [-0.4, -0.2) is 23.8 Å². The molecule has 102 valence electrons. The van der Waals surface area contributed by atoms with Crippen LogP contribution >= 0.6 is 11.3 Å². The molecular weight excluding hydrogens is 281 g/mol. The number of hydrogen-bond acceptors (Lipinski definition) is 4. The standard InChI is InChI=1S/C12H9F3O3S/c1-5(2)18-10-7(12(13,14)15)8(16)6-3-4-19-11(6)9(10)17/h3-5H,1-2H3. The summed E-state index contributed by atoms with van der Waals surface area (Å²) in [5.74, 6) is -2.99. The average Bonchev–Trinajstić information content (AvgIpc) is 2.72. The van der Waals surface area contributed by atoms with Gasteiger partial charge in [-0.2, -0.15) is 13.2 Å². The number of allylic oxidation sites excluding steroid dienone is 2. The number of carbonyl (C=O) groups is 2. The number of halogens is 3. The summed E-state index contributed by atoms with van der Waals surface area (Å²) in [5, 5.41) is 1.41. The van der Waals surface area contributed by atoms with Crippen molar-refractivity contribution in [1.82, 2.24) is 0 Å². The molecule has 0 aliphatic heterocycles. The van der Waals surface area contributed by atoms with Crippen molar-refractivity contribution in [2.45, 2.75) is 26.1 Å². The SMILES string of the molecule is CC(C)OC1=C(C(F)(F)F)C(=O)c2ccsc2C1=O. The number of fused-ring (bicyclic) bond motifs is 1. The molecule has 0 spiro atoms. The number of thiophene rings is 1. The maximum Gasteiger partial charge on any atom is 0.423 e. The van der Waals surface area contributed by atoms with Crippen molar-refractivity contribution in [3.05, 3.63) is 33.2 Å². The van der Waals surface area contributed by atoms with Crippen LogP contribution in [0.15, 0.2) is 22.8 Å². The van der Waals surface area contributed by atoms with Gasteiger partial charge in [0.2, 0.25) is 11.6 Å². The predicted molar refractivity (Wildman–Crippen MR) is 62.3 cm³/mol. The molecule has 2 rings (SSSR count). The first-order valence-corrected chi connectivity index (χ1v) is 6.26. The highest BCUT2D eigenvalue weighted by Crippen LogP contribution is 2.39. The van der Waals surface area contributed by atoms with Crippen LogP contribution in [0.4, 0.5) is 13.2 Å². The lowest BCUT2D eigenvalue weighted by molar-refractivity contribution is -0.0927. The van der Waals surface area contributed by atoms with Crippen molar-refractivity contribution in [1.29, 1.82) is 0 Å². The first-order chi connectivity index (χ1) is 8.73. The van der Waals surface area contributed by atoms with Gasteiger partial charge >= 0.3 is 6.18 Å². The van der Waals surface area contributed by atoms with Gasteiger partial charge in [-0.15, -0.1) is 11.3 Å². The highest BCUT2D eigenvalue weighted by Gasteiger charge is 2.48. The first kappa shape index (κ1) is 13.8. The van der Waals surface area contributed by atoms with Gasteiger partial charge < -0.3 is 4.74 Å². The van der Waals surface area contributed by atoms with Crippen LogP contribution in [-0.2, 0) is 4.74 Å². The molecule has 19 heavy (non-hydrogen) atoms. The largest absolute Gasteiger partial charge is 0.486 e. The van der Waals surface area contributed by atoms with Crippen LogP contribution in [0.2, 0.25) is 0 Å². The van der Waals surface area contributed by atoms with Gasteiger partial charge in [0.1, 0.15) is 5.57 Å². The van der Waals surface area contributed by atoms with Crippen LogP contribution in [0, 0.1) is 0 Å². The smallest absolute Gasteiger partial charge is 0.423 e. The lowest BCUT2D eigenvalue weighted by atomic mass is 9.93. The minimum Gasteiger partial charge on any atom is -0.486 e. The maximum absolute atomic E-state index is 13.0. The Labute approximate surface area is 110 Å². The Morgan fingerprint density at radius 2 is 1.84 bits per heavy atom. The van der Waals surface area contributed by atoms with Crippen molar-refractivity contribution in [2.24, 2.45) is 0 Å². The van der Waals surface area contributed by atoms with E-state index in [4.69, 9.17) is 4.74 Å². The number of ketones is 2.